The number of hydrogen-bond donors (Lipinski definition) is 1. The van der Waals surface area contributed by atoms with Gasteiger partial charge in [0.15, 0.2) is 0 Å². The second kappa shape index (κ2) is 5.75. The number of carbonyl (C=O) groups excluding carboxylic acids is 1. The van der Waals surface area contributed by atoms with Gasteiger partial charge in [0, 0.05) is 38.6 Å². The Kier molecular flexibility index (Phi) is 4.23. The molecule has 1 atom stereocenters. The number of nitrogens with zero attached hydrogens (tertiary/aromatic N) is 4. The Hall–Kier alpha value is -1.69. The third-order valence-corrected chi connectivity index (χ3v) is 3.63. The zero-order valence-corrected chi connectivity index (χ0v) is 12.4. The molecule has 6 nitrogen and oxygen atoms in total. The number of hydrogen-bond acceptors (Lipinski definition) is 5. The number of carbonyl (C=O) groups is 1. The molecule has 1 aliphatic heterocycles. The summed E-state index contributed by atoms with van der Waals surface area (Å²) in [7, 11) is 0. The fraction of sp³-hybridized carbons (Fsp3) is 0.643. The smallest absolute Gasteiger partial charge is 0.240 e. The minimum absolute atomic E-state index is 0.0335. The summed E-state index contributed by atoms with van der Waals surface area (Å²) < 4.78 is 0. The zero-order chi connectivity index (χ0) is 14.8. The first kappa shape index (κ1) is 14.7. The van der Waals surface area contributed by atoms with Crippen LogP contribution in [0.1, 0.15) is 20.8 Å². The molecule has 0 unspecified atom stereocenters. The summed E-state index contributed by atoms with van der Waals surface area (Å²) in [5.74, 6) is 0.755. The molecule has 110 valence electrons. The summed E-state index contributed by atoms with van der Waals surface area (Å²) in [5.41, 5.74) is 5.83. The molecule has 2 heterocycles. The first-order valence-corrected chi connectivity index (χ1v) is 6.96. The van der Waals surface area contributed by atoms with Gasteiger partial charge in [0.2, 0.25) is 11.9 Å². The molecule has 1 saturated heterocycles. The molecule has 20 heavy (non-hydrogen) atoms. The van der Waals surface area contributed by atoms with Crippen molar-refractivity contribution < 1.29 is 4.79 Å². The van der Waals surface area contributed by atoms with E-state index in [1.807, 2.05) is 25.7 Å². The number of rotatable bonds is 2. The van der Waals surface area contributed by atoms with Crippen LogP contribution in [0.5, 0.6) is 0 Å². The van der Waals surface area contributed by atoms with E-state index in [1.54, 1.807) is 18.5 Å². The Bertz CT molecular complexity index is 448. The predicted octanol–water partition coefficient (Wildman–Crippen LogP) is 0.499. The van der Waals surface area contributed by atoms with Crippen LogP contribution in [0.3, 0.4) is 0 Å². The van der Waals surface area contributed by atoms with Crippen LogP contribution in [0.2, 0.25) is 0 Å². The first-order chi connectivity index (χ1) is 9.39. The molecule has 1 amide bonds. The van der Waals surface area contributed by atoms with Crippen LogP contribution in [-0.4, -0.2) is 53.0 Å². The Morgan fingerprint density at radius 2 is 1.75 bits per heavy atom. The lowest BCUT2D eigenvalue weighted by Gasteiger charge is -2.38. The second-order valence-corrected chi connectivity index (χ2v) is 6.20. The van der Waals surface area contributed by atoms with Gasteiger partial charge in [-0.2, -0.15) is 0 Å². The summed E-state index contributed by atoms with van der Waals surface area (Å²) in [6.07, 6.45) is 3.46. The molecule has 0 spiro atoms. The largest absolute Gasteiger partial charge is 0.338 e. The lowest BCUT2D eigenvalue weighted by Crippen LogP contribution is -2.56. The quantitative estimate of drug-likeness (QED) is 0.852. The highest BCUT2D eigenvalue weighted by atomic mass is 16.2. The van der Waals surface area contributed by atoms with E-state index in [2.05, 4.69) is 14.9 Å². The standard InChI is InChI=1S/C14H23N5O/c1-14(2,3)11(15)12(20)18-7-9-19(10-8-18)13-16-5-4-6-17-13/h4-6,11H,7-10,15H2,1-3H3/t11-/m1/s1. The Morgan fingerprint density at radius 1 is 1.20 bits per heavy atom. The van der Waals surface area contributed by atoms with Crippen LogP contribution in [0, 0.1) is 5.41 Å². The van der Waals surface area contributed by atoms with Gasteiger partial charge in [-0.05, 0) is 11.5 Å². The molecule has 0 aromatic carbocycles. The highest BCUT2D eigenvalue weighted by Crippen LogP contribution is 2.20. The minimum atomic E-state index is -0.456. The summed E-state index contributed by atoms with van der Waals surface area (Å²) in [6, 6.07) is 1.34. The summed E-state index contributed by atoms with van der Waals surface area (Å²) in [5, 5.41) is 0. The van der Waals surface area contributed by atoms with Crippen LogP contribution >= 0.6 is 0 Å². The van der Waals surface area contributed by atoms with E-state index in [1.165, 1.54) is 0 Å². The Morgan fingerprint density at radius 3 is 2.25 bits per heavy atom. The number of amides is 1. The van der Waals surface area contributed by atoms with Gasteiger partial charge in [0.1, 0.15) is 0 Å². The Balaban J connectivity index is 1.93. The van der Waals surface area contributed by atoms with E-state index in [-0.39, 0.29) is 11.3 Å². The Labute approximate surface area is 120 Å². The van der Waals surface area contributed by atoms with Gasteiger partial charge in [0.05, 0.1) is 6.04 Å². The molecule has 1 aromatic rings. The number of aromatic nitrogens is 2. The minimum Gasteiger partial charge on any atom is -0.338 e. The summed E-state index contributed by atoms with van der Waals surface area (Å²) in [4.78, 5) is 24.7. The van der Waals surface area contributed by atoms with Gasteiger partial charge in [-0.3, -0.25) is 4.79 Å². The van der Waals surface area contributed by atoms with Gasteiger partial charge in [0.25, 0.3) is 0 Å². The van der Waals surface area contributed by atoms with E-state index < -0.39 is 6.04 Å². The summed E-state index contributed by atoms with van der Waals surface area (Å²) >= 11 is 0. The SMILES string of the molecule is CC(C)(C)[C@H](N)C(=O)N1CCN(c2ncccn2)CC1. The van der Waals surface area contributed by atoms with Crippen LogP contribution in [0.15, 0.2) is 18.5 Å². The molecule has 0 aliphatic carbocycles. The first-order valence-electron chi connectivity index (χ1n) is 6.96. The number of nitrogens with two attached hydrogens (primary N) is 1. The molecule has 1 aromatic heterocycles. The predicted molar refractivity (Wildman–Crippen MR) is 78.3 cm³/mol. The van der Waals surface area contributed by atoms with Crippen molar-refractivity contribution in [2.45, 2.75) is 26.8 Å². The molecule has 0 saturated carbocycles. The molecule has 2 rings (SSSR count). The van der Waals surface area contributed by atoms with Crippen LogP contribution < -0.4 is 10.6 Å². The van der Waals surface area contributed by atoms with Crippen molar-refractivity contribution in [2.75, 3.05) is 31.1 Å². The fourth-order valence-corrected chi connectivity index (χ4v) is 2.15. The van der Waals surface area contributed by atoms with E-state index >= 15 is 0 Å². The summed E-state index contributed by atoms with van der Waals surface area (Å²) in [6.45, 7) is 8.79. The average Bonchev–Trinajstić information content (AvgIpc) is 2.46. The van der Waals surface area contributed by atoms with E-state index in [4.69, 9.17) is 5.73 Å². The fourth-order valence-electron chi connectivity index (χ4n) is 2.15. The van der Waals surface area contributed by atoms with Crippen molar-refractivity contribution in [3.05, 3.63) is 18.5 Å². The highest BCUT2D eigenvalue weighted by Gasteiger charge is 2.32. The van der Waals surface area contributed by atoms with Crippen molar-refractivity contribution in [3.63, 3.8) is 0 Å². The third kappa shape index (κ3) is 3.25. The van der Waals surface area contributed by atoms with Gasteiger partial charge in [-0.25, -0.2) is 9.97 Å². The molecule has 1 fully saturated rings. The molecule has 2 N–H and O–H groups in total. The van der Waals surface area contributed by atoms with E-state index in [0.29, 0.717) is 13.1 Å². The maximum absolute atomic E-state index is 12.3. The topological polar surface area (TPSA) is 75.4 Å². The van der Waals surface area contributed by atoms with E-state index in [0.717, 1.165) is 19.0 Å². The van der Waals surface area contributed by atoms with Crippen molar-refractivity contribution >= 4 is 11.9 Å². The molecule has 0 bridgehead atoms. The normalized spacial score (nSPS) is 18.0. The third-order valence-electron chi connectivity index (χ3n) is 3.63. The number of piperazine rings is 1. The lowest BCUT2D eigenvalue weighted by molar-refractivity contribution is -0.135. The van der Waals surface area contributed by atoms with Gasteiger partial charge in [-0.1, -0.05) is 20.8 Å². The van der Waals surface area contributed by atoms with Gasteiger partial charge < -0.3 is 15.5 Å². The number of anilines is 1. The maximum Gasteiger partial charge on any atom is 0.240 e. The van der Waals surface area contributed by atoms with Crippen LogP contribution in [-0.2, 0) is 4.79 Å². The second-order valence-electron chi connectivity index (χ2n) is 6.20. The van der Waals surface area contributed by atoms with Crippen LogP contribution in [0.4, 0.5) is 5.95 Å². The lowest BCUT2D eigenvalue weighted by atomic mass is 9.86. The molecule has 0 radical (unpaired) electrons. The molecule has 1 aliphatic rings. The van der Waals surface area contributed by atoms with Gasteiger partial charge >= 0.3 is 0 Å². The van der Waals surface area contributed by atoms with Crippen molar-refractivity contribution in [2.24, 2.45) is 11.1 Å². The zero-order valence-electron chi connectivity index (χ0n) is 12.4. The van der Waals surface area contributed by atoms with Crippen LogP contribution in [0.25, 0.3) is 0 Å². The van der Waals surface area contributed by atoms with Crippen molar-refractivity contribution in [1.82, 2.24) is 14.9 Å². The highest BCUT2D eigenvalue weighted by molar-refractivity contribution is 5.82. The average molecular weight is 277 g/mol. The van der Waals surface area contributed by atoms with Crippen molar-refractivity contribution in [1.29, 1.82) is 0 Å². The maximum atomic E-state index is 12.3. The molecular weight excluding hydrogens is 254 g/mol. The molecule has 6 heteroatoms. The molecular formula is C14H23N5O. The van der Waals surface area contributed by atoms with Crippen molar-refractivity contribution in [3.8, 4) is 0 Å². The van der Waals surface area contributed by atoms with E-state index in [9.17, 15) is 4.79 Å². The van der Waals surface area contributed by atoms with Gasteiger partial charge in [-0.15, -0.1) is 0 Å². The monoisotopic (exact) mass is 277 g/mol.